The molecule has 0 saturated heterocycles. The first-order valence-electron chi connectivity index (χ1n) is 5.78. The van der Waals surface area contributed by atoms with Crippen LogP contribution in [0.25, 0.3) is 0 Å². The minimum atomic E-state index is -0.985. The summed E-state index contributed by atoms with van der Waals surface area (Å²) in [4.78, 5) is 11.9. The Morgan fingerprint density at radius 1 is 1.00 bits per heavy atom. The summed E-state index contributed by atoms with van der Waals surface area (Å²) in [5, 5.41) is 0. The van der Waals surface area contributed by atoms with Gasteiger partial charge in [-0.15, -0.1) is 0 Å². The van der Waals surface area contributed by atoms with Crippen LogP contribution in [0.1, 0.15) is 17.3 Å². The van der Waals surface area contributed by atoms with Gasteiger partial charge in [-0.3, -0.25) is 4.79 Å². The van der Waals surface area contributed by atoms with Crippen LogP contribution in [0.2, 0.25) is 0 Å². The average Bonchev–Trinajstić information content (AvgIpc) is 2.40. The lowest BCUT2D eigenvalue weighted by atomic mass is 10.1. The zero-order valence-electron chi connectivity index (χ0n) is 10.8. The van der Waals surface area contributed by atoms with Gasteiger partial charge in [-0.1, -0.05) is 0 Å². The van der Waals surface area contributed by atoms with Crippen LogP contribution >= 0.6 is 0 Å². The number of rotatable bonds is 4. The summed E-state index contributed by atoms with van der Waals surface area (Å²) in [5.74, 6) is 1.36. The Balaban J connectivity index is 2.10. The van der Waals surface area contributed by atoms with Gasteiger partial charge in [0.2, 0.25) is 0 Å². The summed E-state index contributed by atoms with van der Waals surface area (Å²) in [5.41, 5.74) is 0.657. The largest absolute Gasteiger partial charge is 0.612 e. The number of hydrogen-bond acceptors (Lipinski definition) is 3. The fourth-order valence-electron chi connectivity index (χ4n) is 1.59. The Labute approximate surface area is 115 Å². The Morgan fingerprint density at radius 2 is 1.47 bits per heavy atom. The highest BCUT2D eigenvalue weighted by atomic mass is 32.2. The van der Waals surface area contributed by atoms with Gasteiger partial charge in [0, 0.05) is 5.56 Å². The summed E-state index contributed by atoms with van der Waals surface area (Å²) in [6.45, 7) is 1.53. The lowest BCUT2D eigenvalue weighted by Crippen LogP contribution is -1.96. The molecule has 98 valence electrons. The van der Waals surface area contributed by atoms with Gasteiger partial charge in [-0.2, -0.15) is 0 Å². The Morgan fingerprint density at radius 3 is 1.89 bits per heavy atom. The maximum Gasteiger partial charge on any atom is 0.159 e. The number of carbonyl (C=O) groups is 1. The van der Waals surface area contributed by atoms with Crippen molar-refractivity contribution in [2.75, 3.05) is 6.26 Å². The molecule has 0 heterocycles. The summed E-state index contributed by atoms with van der Waals surface area (Å²) < 4.78 is 16.9. The van der Waals surface area contributed by atoms with Crippen LogP contribution in [0.5, 0.6) is 11.5 Å². The number of ether oxygens (including phenoxy) is 1. The first-order chi connectivity index (χ1) is 9.06. The molecule has 3 nitrogen and oxygen atoms in total. The number of hydrogen-bond donors (Lipinski definition) is 0. The second-order valence-corrected chi connectivity index (χ2v) is 5.49. The molecule has 0 bridgehead atoms. The zero-order chi connectivity index (χ0) is 13.8. The molecule has 1 atom stereocenters. The highest BCUT2D eigenvalue weighted by Gasteiger charge is 2.05. The molecule has 0 N–H and O–H groups in total. The van der Waals surface area contributed by atoms with E-state index in [1.807, 2.05) is 0 Å². The van der Waals surface area contributed by atoms with Crippen molar-refractivity contribution in [3.63, 3.8) is 0 Å². The first kappa shape index (κ1) is 13.6. The predicted molar refractivity (Wildman–Crippen MR) is 75.3 cm³/mol. The van der Waals surface area contributed by atoms with E-state index in [-0.39, 0.29) is 5.78 Å². The van der Waals surface area contributed by atoms with E-state index in [1.165, 1.54) is 6.92 Å². The third-order valence-corrected chi connectivity index (χ3v) is 3.59. The smallest absolute Gasteiger partial charge is 0.159 e. The van der Waals surface area contributed by atoms with Crippen LogP contribution in [-0.4, -0.2) is 16.6 Å². The van der Waals surface area contributed by atoms with E-state index in [0.29, 0.717) is 17.1 Å². The van der Waals surface area contributed by atoms with E-state index in [2.05, 4.69) is 0 Å². The lowest BCUT2D eigenvalue weighted by Gasteiger charge is -2.07. The van der Waals surface area contributed by atoms with E-state index >= 15 is 0 Å². The fraction of sp³-hybridized carbons (Fsp3) is 0.133. The standard InChI is InChI=1S/C15H14O3S/c1-11(16)12-3-5-13(6-4-12)18-14-7-9-15(10-8-14)19(2)17/h3-10H,1-2H3. The van der Waals surface area contributed by atoms with Gasteiger partial charge in [0.1, 0.15) is 17.8 Å². The third kappa shape index (κ3) is 3.59. The molecule has 19 heavy (non-hydrogen) atoms. The number of benzene rings is 2. The van der Waals surface area contributed by atoms with Gasteiger partial charge in [0.15, 0.2) is 10.7 Å². The molecule has 0 fully saturated rings. The molecule has 2 aromatic carbocycles. The molecule has 0 aliphatic rings. The van der Waals surface area contributed by atoms with Crippen molar-refractivity contribution in [2.24, 2.45) is 0 Å². The van der Waals surface area contributed by atoms with E-state index in [1.54, 1.807) is 54.8 Å². The molecule has 0 aliphatic heterocycles. The molecular formula is C15H14O3S. The lowest BCUT2D eigenvalue weighted by molar-refractivity contribution is 0.101. The van der Waals surface area contributed by atoms with Gasteiger partial charge in [0.05, 0.1) is 0 Å². The molecule has 0 amide bonds. The molecule has 0 radical (unpaired) electrons. The number of Topliss-reactive ketones (excluding diaryl/α,β-unsaturated/α-hetero) is 1. The zero-order valence-corrected chi connectivity index (χ0v) is 11.6. The van der Waals surface area contributed by atoms with Gasteiger partial charge < -0.3 is 9.29 Å². The van der Waals surface area contributed by atoms with Crippen LogP contribution < -0.4 is 4.74 Å². The number of carbonyl (C=O) groups excluding carboxylic acids is 1. The van der Waals surface area contributed by atoms with Gasteiger partial charge in [-0.25, -0.2) is 0 Å². The Bertz CT molecular complexity index is 559. The molecule has 0 spiro atoms. The Hall–Kier alpha value is -1.78. The van der Waals surface area contributed by atoms with E-state index in [9.17, 15) is 9.35 Å². The van der Waals surface area contributed by atoms with Crippen LogP contribution in [0.3, 0.4) is 0 Å². The maximum atomic E-state index is 11.3. The van der Waals surface area contributed by atoms with Gasteiger partial charge in [-0.05, 0) is 66.6 Å². The monoisotopic (exact) mass is 274 g/mol. The summed E-state index contributed by atoms with van der Waals surface area (Å²) in [6.07, 6.45) is 1.64. The summed E-state index contributed by atoms with van der Waals surface area (Å²) in [6, 6.07) is 14.1. The van der Waals surface area contributed by atoms with Crippen molar-refractivity contribution in [3.8, 4) is 11.5 Å². The topological polar surface area (TPSA) is 49.4 Å². The average molecular weight is 274 g/mol. The van der Waals surface area contributed by atoms with E-state index in [0.717, 1.165) is 4.90 Å². The SMILES string of the molecule is CC(=O)c1ccc(Oc2ccc([S+](C)[O-])cc2)cc1. The van der Waals surface area contributed by atoms with Gasteiger partial charge in [0.25, 0.3) is 0 Å². The summed E-state index contributed by atoms with van der Waals surface area (Å²) >= 11 is -0.985. The highest BCUT2D eigenvalue weighted by molar-refractivity contribution is 7.90. The molecule has 4 heteroatoms. The molecule has 0 aliphatic carbocycles. The molecule has 0 aromatic heterocycles. The predicted octanol–water partition coefficient (Wildman–Crippen LogP) is 3.42. The molecule has 2 rings (SSSR count). The van der Waals surface area contributed by atoms with Crippen molar-refractivity contribution in [1.82, 2.24) is 0 Å². The van der Waals surface area contributed by atoms with Crippen molar-refractivity contribution < 1.29 is 14.1 Å². The van der Waals surface area contributed by atoms with Crippen LogP contribution in [0.4, 0.5) is 0 Å². The van der Waals surface area contributed by atoms with Gasteiger partial charge >= 0.3 is 0 Å². The van der Waals surface area contributed by atoms with Crippen LogP contribution in [0, 0.1) is 0 Å². The Kier molecular flexibility index (Phi) is 4.24. The van der Waals surface area contributed by atoms with Crippen molar-refractivity contribution >= 4 is 17.0 Å². The van der Waals surface area contributed by atoms with E-state index in [4.69, 9.17) is 4.74 Å². The summed E-state index contributed by atoms with van der Waals surface area (Å²) in [7, 11) is 0. The van der Waals surface area contributed by atoms with Crippen molar-refractivity contribution in [1.29, 1.82) is 0 Å². The highest BCUT2D eigenvalue weighted by Crippen LogP contribution is 2.23. The maximum absolute atomic E-state index is 11.3. The number of ketones is 1. The first-order valence-corrected chi connectivity index (χ1v) is 7.34. The van der Waals surface area contributed by atoms with Crippen LogP contribution in [0.15, 0.2) is 53.4 Å². The second-order valence-electron chi connectivity index (χ2n) is 4.11. The van der Waals surface area contributed by atoms with Crippen molar-refractivity contribution in [2.45, 2.75) is 11.8 Å². The molecule has 2 aromatic rings. The molecule has 1 unspecified atom stereocenters. The fourth-order valence-corrected chi connectivity index (χ4v) is 2.11. The van der Waals surface area contributed by atoms with Crippen molar-refractivity contribution in [3.05, 3.63) is 54.1 Å². The van der Waals surface area contributed by atoms with Crippen LogP contribution in [-0.2, 0) is 11.2 Å². The van der Waals surface area contributed by atoms with E-state index < -0.39 is 11.2 Å². The quantitative estimate of drug-likeness (QED) is 0.634. The second kappa shape index (κ2) is 5.91. The molecule has 0 saturated carbocycles. The normalized spacial score (nSPS) is 11.9. The molecular weight excluding hydrogens is 260 g/mol. The third-order valence-electron chi connectivity index (χ3n) is 2.65. The minimum absolute atomic E-state index is 0.0290. The minimum Gasteiger partial charge on any atom is -0.612 e.